The molecule has 1 fully saturated rings. The van der Waals surface area contributed by atoms with Gasteiger partial charge in [-0.3, -0.25) is 0 Å². The standard InChI is InChI=1S/C10H21NOS/c1-3-11-10(7-12-4-2)9-5-6-13-8-9/h9-11H,3-8H2,1-2H3. The van der Waals surface area contributed by atoms with Crippen molar-refractivity contribution < 1.29 is 4.74 Å². The molecule has 0 aromatic heterocycles. The van der Waals surface area contributed by atoms with E-state index in [-0.39, 0.29) is 0 Å². The minimum atomic E-state index is 0.583. The van der Waals surface area contributed by atoms with Crippen LogP contribution in [0.4, 0.5) is 0 Å². The van der Waals surface area contributed by atoms with E-state index in [1.165, 1.54) is 17.9 Å². The van der Waals surface area contributed by atoms with Crippen molar-refractivity contribution in [1.82, 2.24) is 5.32 Å². The van der Waals surface area contributed by atoms with E-state index in [0.717, 1.165) is 25.7 Å². The molecule has 0 aromatic rings. The van der Waals surface area contributed by atoms with Gasteiger partial charge in [-0.15, -0.1) is 0 Å². The van der Waals surface area contributed by atoms with Crippen LogP contribution in [0.1, 0.15) is 20.3 Å². The first-order valence-electron chi connectivity index (χ1n) is 5.27. The smallest absolute Gasteiger partial charge is 0.0622 e. The van der Waals surface area contributed by atoms with Gasteiger partial charge in [0.15, 0.2) is 0 Å². The zero-order valence-corrected chi connectivity index (χ0v) is 9.53. The molecule has 1 rings (SSSR count). The molecule has 0 radical (unpaired) electrons. The Hall–Kier alpha value is 0.270. The van der Waals surface area contributed by atoms with Crippen molar-refractivity contribution >= 4 is 11.8 Å². The molecule has 2 atom stereocenters. The Morgan fingerprint density at radius 3 is 2.92 bits per heavy atom. The van der Waals surface area contributed by atoms with Gasteiger partial charge >= 0.3 is 0 Å². The third kappa shape index (κ3) is 3.88. The van der Waals surface area contributed by atoms with Crippen LogP contribution in [-0.4, -0.2) is 37.3 Å². The van der Waals surface area contributed by atoms with E-state index < -0.39 is 0 Å². The van der Waals surface area contributed by atoms with Gasteiger partial charge < -0.3 is 10.1 Å². The molecule has 0 spiro atoms. The molecule has 2 nitrogen and oxygen atoms in total. The summed E-state index contributed by atoms with van der Waals surface area (Å²) in [6.45, 7) is 7.00. The first-order chi connectivity index (χ1) is 6.38. The van der Waals surface area contributed by atoms with E-state index in [0.29, 0.717) is 6.04 Å². The maximum atomic E-state index is 5.49. The third-order valence-electron chi connectivity index (χ3n) is 2.50. The van der Waals surface area contributed by atoms with Crippen LogP contribution in [0.25, 0.3) is 0 Å². The lowest BCUT2D eigenvalue weighted by molar-refractivity contribution is 0.107. The molecule has 2 unspecified atom stereocenters. The molecule has 1 saturated heterocycles. The van der Waals surface area contributed by atoms with Crippen LogP contribution in [0, 0.1) is 5.92 Å². The molecule has 1 aliphatic rings. The predicted molar refractivity (Wildman–Crippen MR) is 59.4 cm³/mol. The summed E-state index contributed by atoms with van der Waals surface area (Å²) in [6, 6.07) is 0.583. The number of nitrogens with one attached hydrogen (secondary N) is 1. The quantitative estimate of drug-likeness (QED) is 0.710. The summed E-state index contributed by atoms with van der Waals surface area (Å²) in [5.74, 6) is 3.47. The average molecular weight is 203 g/mol. The highest BCUT2D eigenvalue weighted by Gasteiger charge is 2.24. The maximum absolute atomic E-state index is 5.49. The fourth-order valence-electron chi connectivity index (χ4n) is 1.74. The Morgan fingerprint density at radius 1 is 1.54 bits per heavy atom. The van der Waals surface area contributed by atoms with Gasteiger partial charge in [0.05, 0.1) is 6.61 Å². The number of hydrogen-bond acceptors (Lipinski definition) is 3. The van der Waals surface area contributed by atoms with Crippen molar-refractivity contribution in [3.05, 3.63) is 0 Å². The summed E-state index contributed by atoms with van der Waals surface area (Å²) in [5.41, 5.74) is 0. The lowest BCUT2D eigenvalue weighted by atomic mass is 10.00. The normalized spacial score (nSPS) is 24.9. The number of hydrogen-bond donors (Lipinski definition) is 1. The summed E-state index contributed by atoms with van der Waals surface area (Å²) >= 11 is 2.07. The van der Waals surface area contributed by atoms with Crippen molar-refractivity contribution in [2.45, 2.75) is 26.3 Å². The van der Waals surface area contributed by atoms with Crippen LogP contribution in [0.5, 0.6) is 0 Å². The van der Waals surface area contributed by atoms with Crippen molar-refractivity contribution in [3.8, 4) is 0 Å². The second-order valence-electron chi connectivity index (χ2n) is 3.45. The molecule has 0 saturated carbocycles. The summed E-state index contributed by atoms with van der Waals surface area (Å²) in [6.07, 6.45) is 1.36. The number of rotatable bonds is 6. The van der Waals surface area contributed by atoms with Gasteiger partial charge in [-0.1, -0.05) is 6.92 Å². The monoisotopic (exact) mass is 203 g/mol. The van der Waals surface area contributed by atoms with Crippen molar-refractivity contribution in [3.63, 3.8) is 0 Å². The molecule has 0 aromatic carbocycles. The highest BCUT2D eigenvalue weighted by atomic mass is 32.2. The molecule has 0 aliphatic carbocycles. The van der Waals surface area contributed by atoms with Crippen LogP contribution < -0.4 is 5.32 Å². The minimum absolute atomic E-state index is 0.583. The summed E-state index contributed by atoms with van der Waals surface area (Å²) < 4.78 is 5.49. The van der Waals surface area contributed by atoms with E-state index in [9.17, 15) is 0 Å². The van der Waals surface area contributed by atoms with Gasteiger partial charge in [0.25, 0.3) is 0 Å². The first kappa shape index (κ1) is 11.3. The topological polar surface area (TPSA) is 21.3 Å². The predicted octanol–water partition coefficient (Wildman–Crippen LogP) is 1.75. The summed E-state index contributed by atoms with van der Waals surface area (Å²) in [5, 5.41) is 3.52. The van der Waals surface area contributed by atoms with Crippen LogP contribution in [0.2, 0.25) is 0 Å². The zero-order chi connectivity index (χ0) is 9.52. The van der Waals surface area contributed by atoms with Crippen LogP contribution in [0.15, 0.2) is 0 Å². The second-order valence-corrected chi connectivity index (χ2v) is 4.60. The van der Waals surface area contributed by atoms with Gasteiger partial charge in [0.1, 0.15) is 0 Å². The molecule has 0 bridgehead atoms. The largest absolute Gasteiger partial charge is 0.380 e. The van der Waals surface area contributed by atoms with Crippen LogP contribution in [-0.2, 0) is 4.74 Å². The number of thioether (sulfide) groups is 1. The molecule has 1 N–H and O–H groups in total. The van der Waals surface area contributed by atoms with Crippen LogP contribution >= 0.6 is 11.8 Å². The van der Waals surface area contributed by atoms with Gasteiger partial charge in [0.2, 0.25) is 0 Å². The molecular formula is C10H21NOS. The lowest BCUT2D eigenvalue weighted by Crippen LogP contribution is -2.40. The van der Waals surface area contributed by atoms with E-state index in [1.807, 2.05) is 0 Å². The Kier molecular flexibility index (Phi) is 5.83. The zero-order valence-electron chi connectivity index (χ0n) is 8.71. The van der Waals surface area contributed by atoms with Crippen molar-refractivity contribution in [1.29, 1.82) is 0 Å². The Balaban J connectivity index is 2.26. The van der Waals surface area contributed by atoms with Gasteiger partial charge in [-0.25, -0.2) is 0 Å². The lowest BCUT2D eigenvalue weighted by Gasteiger charge is -2.23. The molecule has 78 valence electrons. The number of likely N-dealkylation sites (N-methyl/N-ethyl adjacent to an activating group) is 1. The fraction of sp³-hybridized carbons (Fsp3) is 1.00. The molecule has 1 heterocycles. The maximum Gasteiger partial charge on any atom is 0.0622 e. The van der Waals surface area contributed by atoms with Crippen molar-refractivity contribution in [2.75, 3.05) is 31.3 Å². The number of ether oxygens (including phenoxy) is 1. The Labute approximate surface area is 85.8 Å². The second kappa shape index (κ2) is 6.68. The fourth-order valence-corrected chi connectivity index (χ4v) is 3.08. The van der Waals surface area contributed by atoms with E-state index >= 15 is 0 Å². The molecule has 13 heavy (non-hydrogen) atoms. The van der Waals surface area contributed by atoms with Crippen molar-refractivity contribution in [2.24, 2.45) is 5.92 Å². The van der Waals surface area contributed by atoms with Gasteiger partial charge in [-0.2, -0.15) is 11.8 Å². The van der Waals surface area contributed by atoms with Gasteiger partial charge in [-0.05, 0) is 37.3 Å². The van der Waals surface area contributed by atoms with E-state index in [4.69, 9.17) is 4.74 Å². The Bertz CT molecular complexity index is 126. The Morgan fingerprint density at radius 2 is 2.38 bits per heavy atom. The van der Waals surface area contributed by atoms with Crippen LogP contribution in [0.3, 0.4) is 0 Å². The van der Waals surface area contributed by atoms with E-state index in [1.54, 1.807) is 0 Å². The first-order valence-corrected chi connectivity index (χ1v) is 6.42. The molecular weight excluding hydrogens is 182 g/mol. The average Bonchev–Trinajstić information content (AvgIpc) is 2.65. The molecule has 3 heteroatoms. The summed E-state index contributed by atoms with van der Waals surface area (Å²) in [7, 11) is 0. The molecule has 0 amide bonds. The van der Waals surface area contributed by atoms with Gasteiger partial charge in [0, 0.05) is 12.6 Å². The molecule has 1 aliphatic heterocycles. The third-order valence-corrected chi connectivity index (χ3v) is 3.69. The van der Waals surface area contributed by atoms with E-state index in [2.05, 4.69) is 30.9 Å². The minimum Gasteiger partial charge on any atom is -0.380 e. The highest BCUT2D eigenvalue weighted by molar-refractivity contribution is 7.99. The highest BCUT2D eigenvalue weighted by Crippen LogP contribution is 2.26. The SMILES string of the molecule is CCNC(COCC)C1CCSC1. The summed E-state index contributed by atoms with van der Waals surface area (Å²) in [4.78, 5) is 0.